The third-order valence-electron chi connectivity index (χ3n) is 11.3. The van der Waals surface area contributed by atoms with E-state index in [9.17, 15) is 77.6 Å². The number of carbonyl (C=O) groups excluding carboxylic acids is 11. The number of thioether (sulfide) groups is 1. The smallest absolute Gasteiger partial charge is 0.305 e. The second kappa shape index (κ2) is 31.3. The predicted molar refractivity (Wildman–Crippen MR) is 270 cm³/mol. The van der Waals surface area contributed by atoms with E-state index in [2.05, 4.69) is 47.9 Å². The van der Waals surface area contributed by atoms with Gasteiger partial charge in [0.15, 0.2) is 0 Å². The molecule has 2 aromatic carbocycles. The number of carbonyl (C=O) groups is 13. The quantitative estimate of drug-likeness (QED) is 0.0882. The Labute approximate surface area is 448 Å². The number of benzene rings is 2. The van der Waals surface area contributed by atoms with E-state index in [4.69, 9.17) is 20.9 Å². The maximum absolute atomic E-state index is 14.2. The third kappa shape index (κ3) is 21.8. The molecule has 0 unspecified atom stereocenters. The van der Waals surface area contributed by atoms with Crippen LogP contribution in [0.15, 0.2) is 66.9 Å². The Morgan fingerprint density at radius 2 is 1.15 bits per heavy atom. The number of carboxylic acid groups (broad SMARTS) is 2. The molecule has 29 nitrogen and oxygen atoms in total. The minimum atomic E-state index is -2.06. The van der Waals surface area contributed by atoms with Crippen molar-refractivity contribution in [3.8, 4) is 5.75 Å². The molecule has 422 valence electrons. The Kier molecular flexibility index (Phi) is 24.8. The van der Waals surface area contributed by atoms with Crippen LogP contribution in [0.4, 0.5) is 0 Å². The van der Waals surface area contributed by atoms with E-state index in [1.807, 2.05) is 0 Å². The van der Waals surface area contributed by atoms with Crippen LogP contribution in [0.2, 0.25) is 0 Å². The van der Waals surface area contributed by atoms with Crippen LogP contribution in [0.5, 0.6) is 5.75 Å². The van der Waals surface area contributed by atoms with Gasteiger partial charge in [-0.3, -0.25) is 62.3 Å². The summed E-state index contributed by atoms with van der Waals surface area (Å²) in [6, 6.07) is -0.269. The van der Waals surface area contributed by atoms with Crippen molar-refractivity contribution in [1.29, 1.82) is 0 Å². The predicted octanol–water partition coefficient (Wildman–Crippen LogP) is -5.43. The number of nitrogens with two attached hydrogens (primary N) is 2. The average molecular weight is 1110 g/mol. The van der Waals surface area contributed by atoms with Gasteiger partial charge in [0.1, 0.15) is 60.7 Å². The van der Waals surface area contributed by atoms with Gasteiger partial charge in [0, 0.05) is 25.0 Å². The average Bonchev–Trinajstić information content (AvgIpc) is 3.38. The van der Waals surface area contributed by atoms with Crippen LogP contribution in [0.3, 0.4) is 0 Å². The summed E-state index contributed by atoms with van der Waals surface area (Å²) < 4.78 is 11.2. The Morgan fingerprint density at radius 1 is 0.590 bits per heavy atom. The van der Waals surface area contributed by atoms with Gasteiger partial charge < -0.3 is 84.1 Å². The lowest BCUT2D eigenvalue weighted by Gasteiger charge is -2.27. The molecule has 8 atom stereocenters. The number of phenols is 1. The zero-order valence-corrected chi connectivity index (χ0v) is 42.5. The number of primary amides is 2. The van der Waals surface area contributed by atoms with Gasteiger partial charge in [0.2, 0.25) is 65.0 Å². The topological polar surface area (TPSA) is 461 Å². The van der Waals surface area contributed by atoms with Gasteiger partial charge in [0.25, 0.3) is 0 Å². The molecular formula is C48H61N11O18S. The number of ether oxygens (including phenoxy) is 2. The molecule has 5 rings (SSSR count). The number of aliphatic carboxylic acids is 2. The highest BCUT2D eigenvalue weighted by Crippen LogP contribution is 2.13. The summed E-state index contributed by atoms with van der Waals surface area (Å²) in [5.41, 5.74) is 11.8. The molecule has 1 saturated heterocycles. The van der Waals surface area contributed by atoms with Crippen molar-refractivity contribution in [2.75, 3.05) is 37.9 Å². The standard InChI is InChI=1S/C48H61N11O18S/c49-36(61)18-31-45(72)58-34-22-77-15-5-4-14-76-21-33(53-38(63)24-78-23-35(41(50)68)59-48(34)75)47(74)55-30(16-25-6-2-1-3-7-25)44(71)54-28(12-13-39(64)65)42(69)51-20-37(62)52-29(17-26-8-10-27(60)11-9-26)43(70)57-32(19-40(66)67)46(73)56-31/h1-4,6-11,14,28-35,60H,5,12-13,15-24H2,(H2,49,61)(H2,50,68)(H,51,69)(H,52,62)(H,53,63)(H,54,71)(H,55,74)(H,56,73)(H,57,70)(H,58,72)(H,59,75)(H,64,65)(H,66,67)/b14-4+/t28-,29-,30-,31-,32-,33-,34-,35+/m0/s1. The lowest BCUT2D eigenvalue weighted by molar-refractivity contribution is -0.142. The number of aromatic hydroxyl groups is 1. The first kappa shape index (κ1) is 61.7. The molecule has 16 N–H and O–H groups in total. The molecule has 0 saturated carbocycles. The van der Waals surface area contributed by atoms with Crippen LogP contribution < -0.4 is 59.3 Å². The number of hydrogen-bond acceptors (Lipinski definition) is 17. The fourth-order valence-corrected chi connectivity index (χ4v) is 8.21. The molecule has 1 fully saturated rings. The zero-order valence-electron chi connectivity index (χ0n) is 41.7. The Hall–Kier alpha value is -8.80. The summed E-state index contributed by atoms with van der Waals surface area (Å²) in [5, 5.41) is 50.3. The minimum absolute atomic E-state index is 0.0541. The number of nitrogens with one attached hydrogen (secondary N) is 9. The lowest BCUT2D eigenvalue weighted by atomic mass is 10.0. The Bertz CT molecular complexity index is 2550. The molecule has 78 heavy (non-hydrogen) atoms. The molecule has 0 radical (unpaired) electrons. The minimum Gasteiger partial charge on any atom is -0.508 e. The fraction of sp³-hybridized carbons (Fsp3) is 0.438. The first-order valence-corrected chi connectivity index (χ1v) is 25.2. The van der Waals surface area contributed by atoms with Gasteiger partial charge in [-0.15, -0.1) is 11.8 Å². The molecule has 3 aliphatic heterocycles. The number of carboxylic acids is 2. The van der Waals surface area contributed by atoms with Gasteiger partial charge in [0.05, 0.1) is 44.6 Å². The number of hydrogen-bond donors (Lipinski definition) is 14. The van der Waals surface area contributed by atoms with Gasteiger partial charge in [-0.2, -0.15) is 0 Å². The Morgan fingerprint density at radius 3 is 1.78 bits per heavy atom. The molecular weight excluding hydrogens is 1050 g/mol. The molecule has 3 heterocycles. The van der Waals surface area contributed by atoms with Crippen molar-refractivity contribution in [3.05, 3.63) is 78.1 Å². The molecule has 0 aromatic heterocycles. The van der Waals surface area contributed by atoms with Crippen LogP contribution in [-0.2, 0) is 84.6 Å². The zero-order chi connectivity index (χ0) is 57.3. The summed E-state index contributed by atoms with van der Waals surface area (Å²) in [6.07, 6.45) is -1.36. The van der Waals surface area contributed by atoms with Gasteiger partial charge in [-0.1, -0.05) is 42.5 Å². The van der Waals surface area contributed by atoms with Gasteiger partial charge in [-0.05, 0) is 42.2 Å². The van der Waals surface area contributed by atoms with E-state index in [0.29, 0.717) is 11.1 Å². The highest BCUT2D eigenvalue weighted by Gasteiger charge is 2.36. The van der Waals surface area contributed by atoms with Crippen molar-refractivity contribution in [2.45, 2.75) is 93.3 Å². The summed E-state index contributed by atoms with van der Waals surface area (Å²) >= 11 is 0.768. The molecule has 11 amide bonds. The van der Waals surface area contributed by atoms with E-state index < -0.39 is 183 Å². The van der Waals surface area contributed by atoms with Gasteiger partial charge in [-0.25, -0.2) is 0 Å². The summed E-state index contributed by atoms with van der Waals surface area (Å²) in [7, 11) is 0. The Balaban J connectivity index is 1.81. The SMILES string of the molecule is NC(=O)C[C@@H]1NC(=O)[C@H](CC(=O)O)NC(=O)[C@H](Cc2ccc(O)cc2)NC(=O)CNC(=O)[C@H](CCC(=O)O)NC(=O)[C@H](Cc2ccccc2)NC(=O)[C@@H]2CO/C=C/CCOC[C@H](NC1=O)C(=O)N[C@@H](C(N)=O)CSCC(=O)N2. The van der Waals surface area contributed by atoms with Crippen LogP contribution in [-0.4, -0.2) is 178 Å². The largest absolute Gasteiger partial charge is 0.508 e. The van der Waals surface area contributed by atoms with Crippen molar-refractivity contribution < 1.29 is 87.1 Å². The summed E-state index contributed by atoms with van der Waals surface area (Å²) in [4.78, 5) is 173. The van der Waals surface area contributed by atoms with E-state index in [0.717, 1.165) is 18.0 Å². The van der Waals surface area contributed by atoms with Crippen molar-refractivity contribution in [3.63, 3.8) is 0 Å². The van der Waals surface area contributed by atoms with Crippen LogP contribution >= 0.6 is 11.8 Å². The number of phenolic OH excluding ortho intramolecular Hbond substituents is 1. The molecule has 0 aliphatic carbocycles. The highest BCUT2D eigenvalue weighted by atomic mass is 32.2. The third-order valence-corrected chi connectivity index (χ3v) is 12.4. The van der Waals surface area contributed by atoms with Gasteiger partial charge >= 0.3 is 11.9 Å². The molecule has 2 bridgehead atoms. The second-order valence-electron chi connectivity index (χ2n) is 17.6. The summed E-state index contributed by atoms with van der Waals surface area (Å²) in [6.45, 7) is -2.27. The fourth-order valence-electron chi connectivity index (χ4n) is 7.34. The molecule has 3 aliphatic rings. The number of rotatable bonds is 12. The van der Waals surface area contributed by atoms with Crippen LogP contribution in [0.25, 0.3) is 0 Å². The van der Waals surface area contributed by atoms with E-state index in [-0.39, 0.29) is 31.0 Å². The molecule has 30 heteroatoms. The van der Waals surface area contributed by atoms with Crippen molar-refractivity contribution >= 4 is 88.7 Å². The van der Waals surface area contributed by atoms with Crippen molar-refractivity contribution in [2.24, 2.45) is 11.5 Å². The van der Waals surface area contributed by atoms with E-state index >= 15 is 0 Å². The highest BCUT2D eigenvalue weighted by molar-refractivity contribution is 8.00. The van der Waals surface area contributed by atoms with E-state index in [1.165, 1.54) is 30.3 Å². The van der Waals surface area contributed by atoms with Crippen molar-refractivity contribution in [1.82, 2.24) is 47.9 Å². The first-order valence-electron chi connectivity index (χ1n) is 24.0. The van der Waals surface area contributed by atoms with E-state index in [1.54, 1.807) is 30.3 Å². The monoisotopic (exact) mass is 1110 g/mol. The normalized spacial score (nSPS) is 24.8. The maximum Gasteiger partial charge on any atom is 0.305 e. The maximum atomic E-state index is 14.2. The molecule has 0 spiro atoms. The van der Waals surface area contributed by atoms with Crippen LogP contribution in [0.1, 0.15) is 43.2 Å². The second-order valence-corrected chi connectivity index (χ2v) is 18.6. The first-order chi connectivity index (χ1) is 37.1. The number of amides is 11. The lowest BCUT2D eigenvalue weighted by Crippen LogP contribution is -2.61. The van der Waals surface area contributed by atoms with Crippen LogP contribution in [0, 0.1) is 0 Å². The molecule has 2 aromatic rings. The number of fused-ring (bicyclic) bond motifs is 32. The summed E-state index contributed by atoms with van der Waals surface area (Å²) in [5.74, 6) is -16.3.